The molecule has 5 nitrogen and oxygen atoms in total. The molecule has 1 unspecified atom stereocenters. The molecule has 4 rings (SSSR count). The molecule has 1 aliphatic rings. The summed E-state index contributed by atoms with van der Waals surface area (Å²) in [7, 11) is 1.81. The number of benzene rings is 1. The van der Waals surface area contributed by atoms with Gasteiger partial charge < -0.3 is 4.90 Å². The summed E-state index contributed by atoms with van der Waals surface area (Å²) in [4.78, 5) is 24.0. The van der Waals surface area contributed by atoms with Crippen LogP contribution >= 0.6 is 11.3 Å². The molecule has 22 heavy (non-hydrogen) atoms. The van der Waals surface area contributed by atoms with E-state index in [1.807, 2.05) is 42.9 Å². The first-order valence-electron chi connectivity index (χ1n) is 7.37. The van der Waals surface area contributed by atoms with E-state index in [9.17, 15) is 4.79 Å². The Bertz CT molecular complexity index is 871. The topological polar surface area (TPSA) is 51.0 Å². The Balaban J connectivity index is 1.87. The number of para-hydroxylation sites is 1. The van der Waals surface area contributed by atoms with E-state index in [0.29, 0.717) is 5.39 Å². The zero-order valence-corrected chi connectivity index (χ0v) is 13.1. The van der Waals surface area contributed by atoms with Crippen molar-refractivity contribution in [2.45, 2.75) is 18.9 Å². The van der Waals surface area contributed by atoms with Crippen molar-refractivity contribution in [1.29, 1.82) is 0 Å². The second-order valence-electron chi connectivity index (χ2n) is 5.52. The van der Waals surface area contributed by atoms with Crippen LogP contribution in [0.15, 0.2) is 40.6 Å². The molecule has 1 fully saturated rings. The van der Waals surface area contributed by atoms with E-state index in [2.05, 4.69) is 9.88 Å². The van der Waals surface area contributed by atoms with Crippen molar-refractivity contribution in [3.63, 3.8) is 0 Å². The molecule has 0 aliphatic carbocycles. The van der Waals surface area contributed by atoms with Gasteiger partial charge in [0.1, 0.15) is 5.82 Å². The molecule has 1 atom stereocenters. The van der Waals surface area contributed by atoms with E-state index in [-0.39, 0.29) is 11.6 Å². The Hall–Kier alpha value is -2.21. The van der Waals surface area contributed by atoms with Gasteiger partial charge in [0.2, 0.25) is 0 Å². The average molecular weight is 312 g/mol. The summed E-state index contributed by atoms with van der Waals surface area (Å²) in [6, 6.07) is 7.66. The predicted octanol–water partition coefficient (Wildman–Crippen LogP) is 2.73. The number of aromatic nitrogens is 3. The number of nitrogens with zero attached hydrogens (tertiary/aromatic N) is 4. The lowest BCUT2D eigenvalue weighted by atomic mass is 10.2. The van der Waals surface area contributed by atoms with Crippen LogP contribution in [0.1, 0.15) is 24.7 Å². The Kier molecular flexibility index (Phi) is 3.18. The molecule has 0 amide bonds. The molecule has 0 spiro atoms. The third-order valence-electron chi connectivity index (χ3n) is 4.23. The van der Waals surface area contributed by atoms with E-state index < -0.39 is 0 Å². The summed E-state index contributed by atoms with van der Waals surface area (Å²) in [5.41, 5.74) is 0.790. The van der Waals surface area contributed by atoms with Crippen molar-refractivity contribution in [3.8, 4) is 0 Å². The molecular weight excluding hydrogens is 296 g/mol. The molecule has 1 saturated heterocycles. The molecule has 0 bridgehead atoms. The average Bonchev–Trinajstić information content (AvgIpc) is 3.21. The number of thiazole rings is 1. The number of anilines is 1. The number of rotatable bonds is 2. The van der Waals surface area contributed by atoms with Crippen molar-refractivity contribution in [2.24, 2.45) is 7.05 Å². The van der Waals surface area contributed by atoms with Crippen LogP contribution in [-0.4, -0.2) is 21.1 Å². The van der Waals surface area contributed by atoms with E-state index in [1.54, 1.807) is 15.9 Å². The van der Waals surface area contributed by atoms with E-state index in [0.717, 1.165) is 35.9 Å². The Morgan fingerprint density at radius 1 is 1.32 bits per heavy atom. The van der Waals surface area contributed by atoms with Crippen LogP contribution in [0, 0.1) is 0 Å². The summed E-state index contributed by atoms with van der Waals surface area (Å²) in [5.74, 6) is 0.830. The maximum Gasteiger partial charge on any atom is 0.261 e. The van der Waals surface area contributed by atoms with E-state index in [4.69, 9.17) is 4.98 Å². The van der Waals surface area contributed by atoms with Gasteiger partial charge in [0.05, 0.1) is 16.9 Å². The number of hydrogen-bond donors (Lipinski definition) is 0. The normalized spacial score (nSPS) is 18.2. The van der Waals surface area contributed by atoms with Crippen molar-refractivity contribution >= 4 is 27.4 Å². The molecule has 3 heterocycles. The lowest BCUT2D eigenvalue weighted by Crippen LogP contribution is -2.30. The first-order valence-corrected chi connectivity index (χ1v) is 8.25. The van der Waals surface area contributed by atoms with Crippen molar-refractivity contribution in [2.75, 3.05) is 11.4 Å². The minimum absolute atomic E-state index is 0.0200. The van der Waals surface area contributed by atoms with Gasteiger partial charge >= 0.3 is 0 Å². The van der Waals surface area contributed by atoms with Crippen LogP contribution in [-0.2, 0) is 7.05 Å². The van der Waals surface area contributed by atoms with Gasteiger partial charge in [-0.3, -0.25) is 9.36 Å². The summed E-state index contributed by atoms with van der Waals surface area (Å²) in [6.45, 7) is 0.959. The van der Waals surface area contributed by atoms with Crippen LogP contribution in [0.3, 0.4) is 0 Å². The number of hydrogen-bond acceptors (Lipinski definition) is 5. The van der Waals surface area contributed by atoms with Crippen molar-refractivity contribution < 1.29 is 0 Å². The lowest BCUT2D eigenvalue weighted by molar-refractivity contribution is 0.610. The number of fused-ring (bicyclic) bond motifs is 1. The third kappa shape index (κ3) is 2.02. The zero-order chi connectivity index (χ0) is 15.1. The third-order valence-corrected chi connectivity index (χ3v) is 5.04. The van der Waals surface area contributed by atoms with Gasteiger partial charge in [-0.05, 0) is 25.0 Å². The molecule has 0 saturated carbocycles. The van der Waals surface area contributed by atoms with Crippen molar-refractivity contribution in [1.82, 2.24) is 14.5 Å². The summed E-state index contributed by atoms with van der Waals surface area (Å²) < 4.78 is 1.69. The Morgan fingerprint density at radius 2 is 2.18 bits per heavy atom. The van der Waals surface area contributed by atoms with Gasteiger partial charge in [-0.15, -0.1) is 11.3 Å². The van der Waals surface area contributed by atoms with Gasteiger partial charge in [-0.1, -0.05) is 12.1 Å². The fourth-order valence-corrected chi connectivity index (χ4v) is 3.87. The first kappa shape index (κ1) is 13.5. The fourth-order valence-electron chi connectivity index (χ4n) is 3.16. The fraction of sp³-hybridized carbons (Fsp3) is 0.312. The molecule has 6 heteroatoms. The highest BCUT2D eigenvalue weighted by atomic mass is 32.1. The predicted molar refractivity (Wildman–Crippen MR) is 88.4 cm³/mol. The van der Waals surface area contributed by atoms with Gasteiger partial charge in [-0.25, -0.2) is 9.97 Å². The molecule has 0 radical (unpaired) electrons. The van der Waals surface area contributed by atoms with Crippen LogP contribution < -0.4 is 10.5 Å². The highest BCUT2D eigenvalue weighted by molar-refractivity contribution is 7.13. The smallest absolute Gasteiger partial charge is 0.261 e. The molecule has 1 aromatic carbocycles. The van der Waals surface area contributed by atoms with Gasteiger partial charge in [0, 0.05) is 25.2 Å². The largest absolute Gasteiger partial charge is 0.338 e. The summed E-state index contributed by atoms with van der Waals surface area (Å²) in [6.07, 6.45) is 3.91. The second-order valence-corrected chi connectivity index (χ2v) is 6.39. The first-order chi connectivity index (χ1) is 10.8. The monoisotopic (exact) mass is 312 g/mol. The highest BCUT2D eigenvalue weighted by Gasteiger charge is 2.31. The van der Waals surface area contributed by atoms with Crippen molar-refractivity contribution in [3.05, 3.63) is 52.0 Å². The van der Waals surface area contributed by atoms with E-state index in [1.165, 1.54) is 0 Å². The van der Waals surface area contributed by atoms with Gasteiger partial charge in [0.15, 0.2) is 5.13 Å². The maximum absolute atomic E-state index is 12.6. The standard InChI is InChI=1S/C16H16N4OS/c1-19-14(18-12-6-3-2-5-11(12)15(19)21)13-7-4-9-20(13)16-17-8-10-22-16/h2-3,5-6,8,10,13H,4,7,9H2,1H3. The second kappa shape index (κ2) is 5.21. The summed E-state index contributed by atoms with van der Waals surface area (Å²) in [5, 5.41) is 3.66. The maximum atomic E-state index is 12.6. The van der Waals surface area contributed by atoms with Gasteiger partial charge in [0.25, 0.3) is 5.56 Å². The molecule has 2 aromatic heterocycles. The molecular formula is C16H16N4OS. The molecule has 3 aromatic rings. The SMILES string of the molecule is Cn1c(C2CCCN2c2nccs2)nc2ccccc2c1=O. The van der Waals surface area contributed by atoms with Crippen LogP contribution in [0.25, 0.3) is 10.9 Å². The van der Waals surface area contributed by atoms with Crippen LogP contribution in [0.5, 0.6) is 0 Å². The van der Waals surface area contributed by atoms with Crippen LogP contribution in [0.4, 0.5) is 5.13 Å². The molecule has 112 valence electrons. The lowest BCUT2D eigenvalue weighted by Gasteiger charge is -2.25. The minimum Gasteiger partial charge on any atom is -0.338 e. The minimum atomic E-state index is 0.0200. The zero-order valence-electron chi connectivity index (χ0n) is 12.3. The molecule has 1 aliphatic heterocycles. The van der Waals surface area contributed by atoms with Crippen LogP contribution in [0.2, 0.25) is 0 Å². The van der Waals surface area contributed by atoms with E-state index >= 15 is 0 Å². The summed E-state index contributed by atoms with van der Waals surface area (Å²) >= 11 is 1.63. The Morgan fingerprint density at radius 3 is 3.00 bits per heavy atom. The Labute approximate surface area is 131 Å². The quantitative estimate of drug-likeness (QED) is 0.730. The highest BCUT2D eigenvalue weighted by Crippen LogP contribution is 2.35. The molecule has 0 N–H and O–H groups in total. The van der Waals surface area contributed by atoms with Gasteiger partial charge in [-0.2, -0.15) is 0 Å².